The lowest BCUT2D eigenvalue weighted by atomic mass is 10.8. The van der Waals surface area contributed by atoms with Crippen LogP contribution in [-0.2, 0) is 0 Å². The Balaban J connectivity index is 0.000000148. The largest absolute Gasteiger partial charge is 0.503 e. The van der Waals surface area contributed by atoms with Gasteiger partial charge in [-0.3, -0.25) is 0 Å². The van der Waals surface area contributed by atoms with E-state index in [2.05, 4.69) is 9.68 Å². The van der Waals surface area contributed by atoms with Crippen molar-refractivity contribution in [2.45, 2.75) is 0 Å². The molecular formula is C4H5NO4. The van der Waals surface area contributed by atoms with E-state index < -0.39 is 6.16 Å². The number of nitrogens with zero attached hydrogens (tertiary/aromatic N) is 1. The molecule has 0 aromatic carbocycles. The molecule has 9 heavy (non-hydrogen) atoms. The highest BCUT2D eigenvalue weighted by Gasteiger charge is 1.70. The molecule has 0 saturated carbocycles. The molecule has 0 saturated heterocycles. The Hall–Kier alpha value is -1.52. The Bertz CT molecular complexity index is 126. The van der Waals surface area contributed by atoms with Gasteiger partial charge in [0.2, 0.25) is 0 Å². The van der Waals surface area contributed by atoms with E-state index in [1.165, 1.54) is 6.26 Å². The van der Waals surface area contributed by atoms with E-state index in [9.17, 15) is 0 Å². The van der Waals surface area contributed by atoms with Crippen LogP contribution in [-0.4, -0.2) is 21.5 Å². The van der Waals surface area contributed by atoms with Crippen LogP contribution in [0, 0.1) is 0 Å². The van der Waals surface area contributed by atoms with Crippen LogP contribution in [0.4, 0.5) is 4.79 Å². The van der Waals surface area contributed by atoms with Crippen LogP contribution in [0.25, 0.3) is 0 Å². The zero-order valence-corrected chi connectivity index (χ0v) is 4.39. The summed E-state index contributed by atoms with van der Waals surface area (Å²) in [6.07, 6.45) is 1.26. The maximum atomic E-state index is 8.56. The highest BCUT2D eigenvalue weighted by Crippen LogP contribution is 1.72. The van der Waals surface area contributed by atoms with Gasteiger partial charge in [-0.1, -0.05) is 5.16 Å². The van der Waals surface area contributed by atoms with Crippen LogP contribution in [0.15, 0.2) is 23.0 Å². The Morgan fingerprint density at radius 1 is 1.56 bits per heavy atom. The summed E-state index contributed by atoms with van der Waals surface area (Å²) < 4.78 is 4.33. The van der Waals surface area contributed by atoms with Crippen LogP contribution >= 0.6 is 0 Å². The SMILES string of the molecule is O=C(O)O.c1cnoc1. The van der Waals surface area contributed by atoms with Crippen molar-refractivity contribution >= 4 is 6.16 Å². The molecule has 1 heterocycles. The quantitative estimate of drug-likeness (QED) is 0.546. The average molecular weight is 131 g/mol. The third kappa shape index (κ3) is 10.7. The summed E-state index contributed by atoms with van der Waals surface area (Å²) in [5.74, 6) is 0. The zero-order chi connectivity index (χ0) is 7.11. The zero-order valence-electron chi connectivity index (χ0n) is 4.39. The molecule has 0 unspecified atom stereocenters. The summed E-state index contributed by atoms with van der Waals surface area (Å²) in [6.45, 7) is 0. The number of hydrogen-bond donors (Lipinski definition) is 2. The molecule has 50 valence electrons. The second-order valence-electron chi connectivity index (χ2n) is 0.971. The van der Waals surface area contributed by atoms with Gasteiger partial charge in [0.25, 0.3) is 0 Å². The molecule has 0 atom stereocenters. The number of carbonyl (C=O) groups is 1. The fourth-order valence-corrected chi connectivity index (χ4v) is 0.176. The average Bonchev–Trinajstić information content (AvgIpc) is 2.11. The monoisotopic (exact) mass is 131 g/mol. The molecule has 1 rings (SSSR count). The van der Waals surface area contributed by atoms with Gasteiger partial charge in [-0.15, -0.1) is 0 Å². The second kappa shape index (κ2) is 4.63. The molecule has 0 radical (unpaired) electrons. The Morgan fingerprint density at radius 2 is 2.11 bits per heavy atom. The van der Waals surface area contributed by atoms with Crippen molar-refractivity contribution in [2.75, 3.05) is 0 Å². The minimum Gasteiger partial charge on any atom is -0.450 e. The first-order chi connectivity index (χ1) is 4.23. The van der Waals surface area contributed by atoms with Crippen molar-refractivity contribution < 1.29 is 19.5 Å². The van der Waals surface area contributed by atoms with Gasteiger partial charge in [0.15, 0.2) is 0 Å². The van der Waals surface area contributed by atoms with E-state index in [-0.39, 0.29) is 0 Å². The number of carboxylic acid groups (broad SMARTS) is 2. The third-order valence-electron chi connectivity index (χ3n) is 0.347. The smallest absolute Gasteiger partial charge is 0.450 e. The molecule has 1 aromatic heterocycles. The molecule has 0 aliphatic heterocycles. The van der Waals surface area contributed by atoms with E-state index in [1.54, 1.807) is 12.3 Å². The normalized spacial score (nSPS) is 7.11. The molecule has 1 aromatic rings. The topological polar surface area (TPSA) is 83.6 Å². The van der Waals surface area contributed by atoms with Crippen LogP contribution in [0.5, 0.6) is 0 Å². The van der Waals surface area contributed by atoms with Gasteiger partial charge in [0, 0.05) is 0 Å². The van der Waals surface area contributed by atoms with Crippen LogP contribution in [0.1, 0.15) is 0 Å². The second-order valence-corrected chi connectivity index (χ2v) is 0.971. The standard InChI is InChI=1S/C3H3NO.CH2O3/c1-2-4-5-3-1;2-1(3)4/h1-3H;(H2,2,3,4). The summed E-state index contributed by atoms with van der Waals surface area (Å²) >= 11 is 0. The minimum absolute atomic E-state index is 1.51. The summed E-state index contributed by atoms with van der Waals surface area (Å²) in [4.78, 5) is 8.56. The fourth-order valence-electron chi connectivity index (χ4n) is 0.176. The number of hydrogen-bond acceptors (Lipinski definition) is 3. The van der Waals surface area contributed by atoms with Gasteiger partial charge in [-0.05, 0) is 6.07 Å². The Labute approximate surface area is 50.5 Å². The third-order valence-corrected chi connectivity index (χ3v) is 0.347. The molecule has 0 aliphatic rings. The molecule has 5 nitrogen and oxygen atoms in total. The molecule has 0 bridgehead atoms. The molecule has 2 N–H and O–H groups in total. The van der Waals surface area contributed by atoms with E-state index >= 15 is 0 Å². The van der Waals surface area contributed by atoms with E-state index in [0.717, 1.165) is 0 Å². The van der Waals surface area contributed by atoms with E-state index in [1.807, 2.05) is 0 Å². The van der Waals surface area contributed by atoms with Gasteiger partial charge >= 0.3 is 6.16 Å². The maximum Gasteiger partial charge on any atom is 0.503 e. The first-order valence-electron chi connectivity index (χ1n) is 1.99. The van der Waals surface area contributed by atoms with Gasteiger partial charge in [-0.2, -0.15) is 0 Å². The Morgan fingerprint density at radius 3 is 2.22 bits per heavy atom. The van der Waals surface area contributed by atoms with Crippen molar-refractivity contribution in [2.24, 2.45) is 0 Å². The molecular weight excluding hydrogens is 126 g/mol. The fraction of sp³-hybridized carbons (Fsp3) is 0. The maximum absolute atomic E-state index is 8.56. The lowest BCUT2D eigenvalue weighted by Crippen LogP contribution is -1.81. The Kier molecular flexibility index (Phi) is 3.85. The summed E-state index contributed by atoms with van der Waals surface area (Å²) in [7, 11) is 0. The van der Waals surface area contributed by atoms with Gasteiger partial charge in [-0.25, -0.2) is 4.79 Å². The first kappa shape index (κ1) is 7.48. The van der Waals surface area contributed by atoms with Crippen LogP contribution in [0.3, 0.4) is 0 Å². The predicted octanol–water partition coefficient (Wildman–Crippen LogP) is 0.897. The lowest BCUT2D eigenvalue weighted by Gasteiger charge is -1.60. The lowest BCUT2D eigenvalue weighted by molar-refractivity contribution is 0.137. The number of rotatable bonds is 0. The van der Waals surface area contributed by atoms with Crippen molar-refractivity contribution in [3.05, 3.63) is 18.5 Å². The van der Waals surface area contributed by atoms with Gasteiger partial charge in [0.1, 0.15) is 6.26 Å². The van der Waals surface area contributed by atoms with Gasteiger partial charge in [0.05, 0.1) is 6.20 Å². The minimum atomic E-state index is -1.83. The van der Waals surface area contributed by atoms with E-state index in [4.69, 9.17) is 15.0 Å². The highest BCUT2D eigenvalue weighted by molar-refractivity contribution is 5.53. The van der Waals surface area contributed by atoms with E-state index in [0.29, 0.717) is 0 Å². The predicted molar refractivity (Wildman–Crippen MR) is 27.2 cm³/mol. The molecule has 0 spiro atoms. The molecule has 5 heteroatoms. The summed E-state index contributed by atoms with van der Waals surface area (Å²) in [6, 6.07) is 1.72. The van der Waals surface area contributed by atoms with Crippen LogP contribution in [0.2, 0.25) is 0 Å². The molecule has 0 fully saturated rings. The van der Waals surface area contributed by atoms with Crippen LogP contribution < -0.4 is 0 Å². The van der Waals surface area contributed by atoms with Gasteiger partial charge < -0.3 is 14.7 Å². The molecule has 0 amide bonds. The highest BCUT2D eigenvalue weighted by atomic mass is 16.6. The molecule has 0 aliphatic carbocycles. The van der Waals surface area contributed by atoms with Crippen molar-refractivity contribution in [3.8, 4) is 0 Å². The van der Waals surface area contributed by atoms with Crippen molar-refractivity contribution in [3.63, 3.8) is 0 Å². The summed E-state index contributed by atoms with van der Waals surface area (Å²) in [5, 5.41) is 17.3. The first-order valence-corrected chi connectivity index (χ1v) is 1.99. The van der Waals surface area contributed by atoms with Crippen molar-refractivity contribution in [1.29, 1.82) is 0 Å². The van der Waals surface area contributed by atoms with Crippen molar-refractivity contribution in [1.82, 2.24) is 5.16 Å². The number of aromatic nitrogens is 1. The summed E-state index contributed by atoms with van der Waals surface area (Å²) in [5.41, 5.74) is 0.